The van der Waals surface area contributed by atoms with Gasteiger partial charge in [0.25, 0.3) is 5.91 Å². The molecule has 0 atom stereocenters. The zero-order chi connectivity index (χ0) is 23.3. The highest BCUT2D eigenvalue weighted by molar-refractivity contribution is 7.89. The van der Waals surface area contributed by atoms with Gasteiger partial charge < -0.3 is 5.32 Å². The second-order valence-electron chi connectivity index (χ2n) is 6.43. The van der Waals surface area contributed by atoms with Crippen molar-refractivity contribution in [2.24, 2.45) is 0 Å². The first-order valence-corrected chi connectivity index (χ1v) is 11.9. The molecule has 2 aromatic rings. The van der Waals surface area contributed by atoms with Gasteiger partial charge in [0.15, 0.2) is 0 Å². The lowest BCUT2D eigenvalue weighted by Crippen LogP contribution is -2.34. The molecule has 3 N–H and O–H groups in total. The van der Waals surface area contributed by atoms with Crippen molar-refractivity contribution in [1.29, 1.82) is 0 Å². The second kappa shape index (κ2) is 9.77. The largest absolute Gasteiger partial charge is 0.402 e. The zero-order valence-electron chi connectivity index (χ0n) is 16.2. The van der Waals surface area contributed by atoms with E-state index in [1.165, 1.54) is 23.9 Å². The third-order valence-corrected chi connectivity index (χ3v) is 6.75. The van der Waals surface area contributed by atoms with E-state index in [0.29, 0.717) is 11.1 Å². The summed E-state index contributed by atoms with van der Waals surface area (Å²) in [6.45, 7) is -1.65. The maximum Gasteiger partial charge on any atom is 0.402 e. The van der Waals surface area contributed by atoms with Gasteiger partial charge in [-0.1, -0.05) is 30.3 Å². The second-order valence-corrected chi connectivity index (χ2v) is 10.1. The van der Waals surface area contributed by atoms with Crippen molar-refractivity contribution in [3.63, 3.8) is 0 Å². The molecular formula is C18H20F3N3O5S2. The van der Waals surface area contributed by atoms with E-state index in [1.807, 2.05) is 0 Å². The third kappa shape index (κ3) is 7.94. The van der Waals surface area contributed by atoms with Crippen LogP contribution in [0.5, 0.6) is 0 Å². The normalized spacial score (nSPS) is 12.5. The molecule has 0 fully saturated rings. The number of alkyl halides is 3. The predicted octanol–water partition coefficient (Wildman–Crippen LogP) is 1.51. The number of sulfonamides is 2. The van der Waals surface area contributed by atoms with Crippen LogP contribution in [0.2, 0.25) is 0 Å². The third-order valence-electron chi connectivity index (χ3n) is 4.01. The molecule has 2 rings (SSSR count). The van der Waals surface area contributed by atoms with Gasteiger partial charge in [0.1, 0.15) is 6.54 Å². The fraction of sp³-hybridized carbons (Fsp3) is 0.278. The van der Waals surface area contributed by atoms with E-state index in [0.717, 1.165) is 12.1 Å². The number of carbonyl (C=O) groups is 1. The summed E-state index contributed by atoms with van der Waals surface area (Å²) in [7, 11) is -6.54. The van der Waals surface area contributed by atoms with Crippen LogP contribution in [-0.2, 0) is 32.3 Å². The van der Waals surface area contributed by atoms with Crippen molar-refractivity contribution in [2.45, 2.75) is 23.4 Å². The molecule has 0 unspecified atom stereocenters. The van der Waals surface area contributed by atoms with Gasteiger partial charge in [0, 0.05) is 12.1 Å². The average molecular weight is 480 g/mol. The molecule has 31 heavy (non-hydrogen) atoms. The van der Waals surface area contributed by atoms with Crippen LogP contribution in [0.4, 0.5) is 13.2 Å². The first-order chi connectivity index (χ1) is 14.3. The zero-order valence-corrected chi connectivity index (χ0v) is 17.9. The standard InChI is InChI=1S/C18H20F3N3O5S2/c1-22-30(26,27)11-14-7-5-13(6-8-14)10-23-17(25)15-3-2-4-16(9-15)31(28,29)24-12-18(19,20)21/h2-9,22,24H,10-12H2,1H3,(H,23,25). The number of halogens is 3. The fourth-order valence-electron chi connectivity index (χ4n) is 2.39. The summed E-state index contributed by atoms with van der Waals surface area (Å²) in [5.41, 5.74) is 1.16. The molecule has 13 heteroatoms. The average Bonchev–Trinajstić information content (AvgIpc) is 2.71. The van der Waals surface area contributed by atoms with Crippen LogP contribution in [0.25, 0.3) is 0 Å². The van der Waals surface area contributed by atoms with Crippen LogP contribution < -0.4 is 14.8 Å². The van der Waals surface area contributed by atoms with Gasteiger partial charge in [-0.3, -0.25) is 4.79 Å². The molecule has 0 radical (unpaired) electrons. The van der Waals surface area contributed by atoms with Gasteiger partial charge in [-0.25, -0.2) is 26.3 Å². The Balaban J connectivity index is 2.02. The molecule has 0 aliphatic heterocycles. The molecule has 0 heterocycles. The summed E-state index contributed by atoms with van der Waals surface area (Å²) < 4.78 is 87.5. The molecule has 0 bridgehead atoms. The Morgan fingerprint density at radius 1 is 0.968 bits per heavy atom. The van der Waals surface area contributed by atoms with Crippen LogP contribution in [0, 0.1) is 0 Å². The van der Waals surface area contributed by atoms with E-state index in [9.17, 15) is 34.8 Å². The summed E-state index contributed by atoms with van der Waals surface area (Å²) in [5, 5.41) is 2.56. The van der Waals surface area contributed by atoms with Crippen molar-refractivity contribution in [3.05, 3.63) is 65.2 Å². The summed E-state index contributed by atoms with van der Waals surface area (Å²) in [6.07, 6.45) is -4.71. The molecule has 0 aromatic heterocycles. The lowest BCUT2D eigenvalue weighted by molar-refractivity contribution is -0.121. The topological polar surface area (TPSA) is 121 Å². The number of rotatable bonds is 9. The van der Waals surface area contributed by atoms with Gasteiger partial charge in [-0.05, 0) is 36.4 Å². The van der Waals surface area contributed by atoms with Crippen molar-refractivity contribution in [2.75, 3.05) is 13.6 Å². The maximum absolute atomic E-state index is 12.3. The van der Waals surface area contributed by atoms with Crippen molar-refractivity contribution < 1.29 is 34.8 Å². The Labute approximate surface area is 178 Å². The molecule has 8 nitrogen and oxygen atoms in total. The SMILES string of the molecule is CNS(=O)(=O)Cc1ccc(CNC(=O)c2cccc(S(=O)(=O)NCC(F)(F)F)c2)cc1. The predicted molar refractivity (Wildman–Crippen MR) is 107 cm³/mol. The van der Waals surface area contributed by atoms with Crippen LogP contribution in [0.1, 0.15) is 21.5 Å². The summed E-state index contributed by atoms with van der Waals surface area (Å²) in [4.78, 5) is 11.8. The molecular weight excluding hydrogens is 459 g/mol. The van der Waals surface area contributed by atoms with Crippen molar-refractivity contribution >= 4 is 26.0 Å². The van der Waals surface area contributed by atoms with Crippen molar-refractivity contribution in [3.8, 4) is 0 Å². The van der Waals surface area contributed by atoms with E-state index in [2.05, 4.69) is 10.0 Å². The van der Waals surface area contributed by atoms with Crippen LogP contribution in [0.15, 0.2) is 53.4 Å². The number of amides is 1. The number of benzene rings is 2. The minimum atomic E-state index is -4.71. The number of hydrogen-bond acceptors (Lipinski definition) is 5. The lowest BCUT2D eigenvalue weighted by Gasteiger charge is -2.11. The summed E-state index contributed by atoms with van der Waals surface area (Å²) in [5.74, 6) is -0.825. The minimum absolute atomic E-state index is 0.0494. The van der Waals surface area contributed by atoms with Gasteiger partial charge >= 0.3 is 6.18 Å². The molecule has 0 aliphatic carbocycles. The minimum Gasteiger partial charge on any atom is -0.348 e. The molecule has 2 aromatic carbocycles. The maximum atomic E-state index is 12.3. The molecule has 1 amide bonds. The monoisotopic (exact) mass is 479 g/mol. The van der Waals surface area contributed by atoms with Gasteiger partial charge in [-0.15, -0.1) is 0 Å². The van der Waals surface area contributed by atoms with E-state index in [1.54, 1.807) is 24.3 Å². The van der Waals surface area contributed by atoms with Gasteiger partial charge in [0.05, 0.1) is 10.6 Å². The van der Waals surface area contributed by atoms with Crippen LogP contribution in [-0.4, -0.2) is 42.5 Å². The van der Waals surface area contributed by atoms with E-state index in [-0.39, 0.29) is 17.9 Å². The van der Waals surface area contributed by atoms with Gasteiger partial charge in [0.2, 0.25) is 20.0 Å². The smallest absolute Gasteiger partial charge is 0.348 e. The Hall–Kier alpha value is -2.48. The van der Waals surface area contributed by atoms with E-state index < -0.39 is 43.6 Å². The molecule has 170 valence electrons. The highest BCUT2D eigenvalue weighted by Crippen LogP contribution is 2.16. The number of hydrogen-bond donors (Lipinski definition) is 3. The van der Waals surface area contributed by atoms with E-state index in [4.69, 9.17) is 0 Å². The summed E-state index contributed by atoms with van der Waals surface area (Å²) >= 11 is 0. The Morgan fingerprint density at radius 2 is 1.58 bits per heavy atom. The Morgan fingerprint density at radius 3 is 2.16 bits per heavy atom. The molecule has 0 aliphatic rings. The highest BCUT2D eigenvalue weighted by Gasteiger charge is 2.30. The number of nitrogens with one attached hydrogen (secondary N) is 3. The molecule has 0 saturated carbocycles. The first-order valence-electron chi connectivity index (χ1n) is 8.75. The molecule has 0 saturated heterocycles. The van der Waals surface area contributed by atoms with E-state index >= 15 is 0 Å². The van der Waals surface area contributed by atoms with Crippen LogP contribution >= 0.6 is 0 Å². The first kappa shape index (κ1) is 24.8. The van der Waals surface area contributed by atoms with Crippen molar-refractivity contribution in [1.82, 2.24) is 14.8 Å². The molecule has 0 spiro atoms. The van der Waals surface area contributed by atoms with Crippen LogP contribution in [0.3, 0.4) is 0 Å². The number of carbonyl (C=O) groups excluding carboxylic acids is 1. The highest BCUT2D eigenvalue weighted by atomic mass is 32.2. The lowest BCUT2D eigenvalue weighted by atomic mass is 10.1. The van der Waals surface area contributed by atoms with Gasteiger partial charge in [-0.2, -0.15) is 13.2 Å². The Bertz CT molecular complexity index is 1130. The fourth-order valence-corrected chi connectivity index (χ4v) is 4.23. The summed E-state index contributed by atoms with van der Waals surface area (Å²) in [6, 6.07) is 11.1. The quantitative estimate of drug-likeness (QED) is 0.503. The Kier molecular flexibility index (Phi) is 7.81.